The Morgan fingerprint density at radius 1 is 1.53 bits per heavy atom. The Kier molecular flexibility index (Phi) is 4.70. The van der Waals surface area contributed by atoms with E-state index in [1.54, 1.807) is 33.0 Å². The van der Waals surface area contributed by atoms with Crippen molar-refractivity contribution in [1.29, 1.82) is 0 Å². The second-order valence-corrected chi connectivity index (χ2v) is 7.29. The number of carbonyl (C=O) groups excluding carboxylic acids is 1. The molecular formula is C11H17NO3S2. The van der Waals surface area contributed by atoms with Crippen molar-refractivity contribution in [1.82, 2.24) is 4.90 Å². The van der Waals surface area contributed by atoms with Gasteiger partial charge in [0.25, 0.3) is 5.91 Å². The summed E-state index contributed by atoms with van der Waals surface area (Å²) in [6.07, 6.45) is 0. The van der Waals surface area contributed by atoms with Gasteiger partial charge < -0.3 is 4.90 Å². The van der Waals surface area contributed by atoms with Crippen molar-refractivity contribution in [2.45, 2.75) is 19.9 Å². The predicted octanol–water partition coefficient (Wildman–Crippen LogP) is 1.64. The second kappa shape index (κ2) is 5.64. The van der Waals surface area contributed by atoms with Crippen molar-refractivity contribution < 1.29 is 13.2 Å². The summed E-state index contributed by atoms with van der Waals surface area (Å²) in [6, 6.07) is 3.23. The first-order chi connectivity index (χ1) is 7.87. The van der Waals surface area contributed by atoms with Crippen LogP contribution >= 0.6 is 11.3 Å². The summed E-state index contributed by atoms with van der Waals surface area (Å²) in [5.74, 6) is -0.00558. The number of rotatable bonds is 5. The number of thiophene rings is 1. The van der Waals surface area contributed by atoms with Crippen LogP contribution in [0, 0.1) is 0 Å². The van der Waals surface area contributed by atoms with Gasteiger partial charge in [0, 0.05) is 18.8 Å². The summed E-state index contributed by atoms with van der Waals surface area (Å²) in [7, 11) is -1.42. The van der Waals surface area contributed by atoms with Gasteiger partial charge in [-0.3, -0.25) is 4.79 Å². The summed E-state index contributed by atoms with van der Waals surface area (Å²) >= 11 is 1.36. The first-order valence-electron chi connectivity index (χ1n) is 5.38. The quantitative estimate of drug-likeness (QED) is 0.821. The standard InChI is InChI=1S/C11H17NO3S2/c1-4-17(14,15)8-9(2)12(3)11(13)10-6-5-7-16-10/h5-7,9H,4,8H2,1-3H3/t9-/m1/s1. The lowest BCUT2D eigenvalue weighted by molar-refractivity contribution is 0.0761. The van der Waals surface area contributed by atoms with Crippen molar-refractivity contribution in [3.05, 3.63) is 22.4 Å². The number of amides is 1. The van der Waals surface area contributed by atoms with E-state index in [1.165, 1.54) is 16.2 Å². The number of carbonyl (C=O) groups is 1. The molecule has 0 unspecified atom stereocenters. The highest BCUT2D eigenvalue weighted by atomic mass is 32.2. The maximum atomic E-state index is 12.0. The van der Waals surface area contributed by atoms with Crippen molar-refractivity contribution in [2.24, 2.45) is 0 Å². The van der Waals surface area contributed by atoms with Crippen LogP contribution in [0.15, 0.2) is 17.5 Å². The average molecular weight is 275 g/mol. The average Bonchev–Trinajstić information content (AvgIpc) is 2.80. The molecule has 1 aromatic heterocycles. The Morgan fingerprint density at radius 2 is 2.18 bits per heavy atom. The molecule has 0 spiro atoms. The second-order valence-electron chi connectivity index (χ2n) is 3.94. The van der Waals surface area contributed by atoms with Crippen molar-refractivity contribution in [3.63, 3.8) is 0 Å². The minimum Gasteiger partial charge on any atom is -0.337 e. The molecule has 0 aromatic carbocycles. The van der Waals surface area contributed by atoms with Crippen LogP contribution in [0.4, 0.5) is 0 Å². The lowest BCUT2D eigenvalue weighted by Gasteiger charge is -2.24. The summed E-state index contributed by atoms with van der Waals surface area (Å²) < 4.78 is 23.0. The zero-order valence-electron chi connectivity index (χ0n) is 10.2. The molecule has 6 heteroatoms. The molecule has 1 atom stereocenters. The highest BCUT2D eigenvalue weighted by molar-refractivity contribution is 7.91. The third-order valence-corrected chi connectivity index (χ3v) is 5.38. The fraction of sp³-hybridized carbons (Fsp3) is 0.545. The highest BCUT2D eigenvalue weighted by Crippen LogP contribution is 2.13. The van der Waals surface area contributed by atoms with E-state index in [-0.39, 0.29) is 23.5 Å². The van der Waals surface area contributed by atoms with Crippen LogP contribution in [0.5, 0.6) is 0 Å². The van der Waals surface area contributed by atoms with Crippen LogP contribution in [-0.2, 0) is 9.84 Å². The van der Waals surface area contributed by atoms with Gasteiger partial charge in [-0.15, -0.1) is 11.3 Å². The Labute approximate surface area is 106 Å². The molecule has 0 aliphatic heterocycles. The van der Waals surface area contributed by atoms with E-state index in [9.17, 15) is 13.2 Å². The molecule has 0 fully saturated rings. The first-order valence-corrected chi connectivity index (χ1v) is 8.08. The number of sulfone groups is 1. The largest absolute Gasteiger partial charge is 0.337 e. The summed E-state index contributed by atoms with van der Waals surface area (Å²) in [5, 5.41) is 1.83. The Hall–Kier alpha value is -0.880. The monoisotopic (exact) mass is 275 g/mol. The van der Waals surface area contributed by atoms with E-state index in [4.69, 9.17) is 0 Å². The van der Waals surface area contributed by atoms with Crippen molar-refractivity contribution in [3.8, 4) is 0 Å². The van der Waals surface area contributed by atoms with E-state index in [0.29, 0.717) is 4.88 Å². The van der Waals surface area contributed by atoms with E-state index in [2.05, 4.69) is 0 Å². The molecule has 0 bridgehead atoms. The summed E-state index contributed by atoms with van der Waals surface area (Å²) in [6.45, 7) is 3.36. The smallest absolute Gasteiger partial charge is 0.263 e. The summed E-state index contributed by atoms with van der Waals surface area (Å²) in [4.78, 5) is 14.1. The van der Waals surface area contributed by atoms with Gasteiger partial charge in [0.1, 0.15) is 0 Å². The van der Waals surface area contributed by atoms with E-state index in [0.717, 1.165) is 0 Å². The minimum atomic E-state index is -3.06. The van der Waals surface area contributed by atoms with Crippen LogP contribution in [0.2, 0.25) is 0 Å². The van der Waals surface area contributed by atoms with Gasteiger partial charge in [0.05, 0.1) is 10.6 Å². The fourth-order valence-corrected chi connectivity index (χ4v) is 3.27. The van der Waals surface area contributed by atoms with Crippen LogP contribution < -0.4 is 0 Å². The fourth-order valence-electron chi connectivity index (χ4n) is 1.37. The molecule has 0 radical (unpaired) electrons. The zero-order chi connectivity index (χ0) is 13.1. The van der Waals surface area contributed by atoms with Gasteiger partial charge in [-0.25, -0.2) is 8.42 Å². The maximum absolute atomic E-state index is 12.0. The third kappa shape index (κ3) is 3.81. The molecule has 0 saturated heterocycles. The van der Waals surface area contributed by atoms with E-state index < -0.39 is 9.84 Å². The molecule has 1 amide bonds. The molecule has 4 nitrogen and oxygen atoms in total. The molecule has 0 aliphatic carbocycles. The maximum Gasteiger partial charge on any atom is 0.263 e. The number of hydrogen-bond acceptors (Lipinski definition) is 4. The van der Waals surface area contributed by atoms with E-state index in [1.807, 2.05) is 5.38 Å². The van der Waals surface area contributed by atoms with Gasteiger partial charge in [0.15, 0.2) is 9.84 Å². The molecule has 1 rings (SSSR count). The molecule has 17 heavy (non-hydrogen) atoms. The van der Waals surface area contributed by atoms with Gasteiger partial charge >= 0.3 is 0 Å². The molecule has 0 N–H and O–H groups in total. The molecule has 96 valence electrons. The summed E-state index contributed by atoms with van der Waals surface area (Å²) in [5.41, 5.74) is 0. The van der Waals surface area contributed by atoms with E-state index >= 15 is 0 Å². The molecule has 1 heterocycles. The molecule has 0 aliphatic rings. The Morgan fingerprint density at radius 3 is 2.65 bits per heavy atom. The van der Waals surface area contributed by atoms with Gasteiger partial charge in [-0.05, 0) is 18.4 Å². The van der Waals surface area contributed by atoms with Crippen molar-refractivity contribution >= 4 is 27.1 Å². The topological polar surface area (TPSA) is 54.5 Å². The first kappa shape index (κ1) is 14.2. The van der Waals surface area contributed by atoms with Crippen LogP contribution in [0.3, 0.4) is 0 Å². The SMILES string of the molecule is CCS(=O)(=O)C[C@@H](C)N(C)C(=O)c1cccs1. The van der Waals surface area contributed by atoms with Gasteiger partial charge in [-0.2, -0.15) is 0 Å². The minimum absolute atomic E-state index is 0.0110. The van der Waals surface area contributed by atoms with Crippen molar-refractivity contribution in [2.75, 3.05) is 18.6 Å². The number of nitrogens with zero attached hydrogens (tertiary/aromatic N) is 1. The molecule has 0 saturated carbocycles. The van der Waals surface area contributed by atoms with Crippen LogP contribution in [-0.4, -0.2) is 43.8 Å². The van der Waals surface area contributed by atoms with Gasteiger partial charge in [-0.1, -0.05) is 13.0 Å². The molecule has 1 aromatic rings. The highest BCUT2D eigenvalue weighted by Gasteiger charge is 2.22. The third-order valence-electron chi connectivity index (χ3n) is 2.65. The Balaban J connectivity index is 2.71. The normalized spacial score (nSPS) is 13.4. The van der Waals surface area contributed by atoms with Crippen LogP contribution in [0.25, 0.3) is 0 Å². The zero-order valence-corrected chi connectivity index (χ0v) is 11.8. The lowest BCUT2D eigenvalue weighted by Crippen LogP contribution is -2.39. The number of hydrogen-bond donors (Lipinski definition) is 0. The predicted molar refractivity (Wildman–Crippen MR) is 70.2 cm³/mol. The molecular weight excluding hydrogens is 258 g/mol. The van der Waals surface area contributed by atoms with Gasteiger partial charge in [0.2, 0.25) is 0 Å². The Bertz CT molecular complexity index is 465. The lowest BCUT2D eigenvalue weighted by atomic mass is 10.3. The van der Waals surface area contributed by atoms with Crippen LogP contribution in [0.1, 0.15) is 23.5 Å².